The van der Waals surface area contributed by atoms with Crippen LogP contribution in [-0.4, -0.2) is 37.9 Å². The van der Waals surface area contributed by atoms with Crippen molar-refractivity contribution in [3.63, 3.8) is 0 Å². The lowest BCUT2D eigenvalue weighted by Crippen LogP contribution is -2.30. The van der Waals surface area contributed by atoms with Crippen LogP contribution in [0, 0.1) is 0 Å². The van der Waals surface area contributed by atoms with Crippen molar-refractivity contribution in [1.82, 2.24) is 0 Å². The summed E-state index contributed by atoms with van der Waals surface area (Å²) in [5.41, 5.74) is 0. The maximum atomic E-state index is 12.8. The smallest absolute Gasteiger partial charge is 0.306 e. The Kier molecular flexibility index (Phi) is 49.2. The van der Waals surface area contributed by atoms with E-state index in [-0.39, 0.29) is 31.6 Å². The molecule has 1 unspecified atom stereocenters. The molecule has 64 heavy (non-hydrogen) atoms. The van der Waals surface area contributed by atoms with Gasteiger partial charge < -0.3 is 14.2 Å². The Morgan fingerprint density at radius 3 is 1.08 bits per heavy atom. The van der Waals surface area contributed by atoms with Crippen LogP contribution in [-0.2, 0) is 23.8 Å². The van der Waals surface area contributed by atoms with Gasteiger partial charge in [-0.3, -0.25) is 9.59 Å². The molecule has 5 nitrogen and oxygen atoms in total. The highest BCUT2D eigenvalue weighted by Gasteiger charge is 2.17. The first-order valence-corrected chi connectivity index (χ1v) is 25.0. The third kappa shape index (κ3) is 50.2. The zero-order valence-electron chi connectivity index (χ0n) is 40.7. The summed E-state index contributed by atoms with van der Waals surface area (Å²) in [7, 11) is 0. The Morgan fingerprint density at radius 2 is 0.688 bits per heavy atom. The van der Waals surface area contributed by atoms with Crippen molar-refractivity contribution >= 4 is 11.9 Å². The summed E-state index contributed by atoms with van der Waals surface area (Å²) in [4.78, 5) is 25.3. The number of hydrogen-bond acceptors (Lipinski definition) is 5. The number of hydrogen-bond donors (Lipinski definition) is 0. The molecule has 0 radical (unpaired) electrons. The minimum atomic E-state index is -0.611. The normalized spacial score (nSPS) is 13.6. The zero-order valence-corrected chi connectivity index (χ0v) is 40.7. The van der Waals surface area contributed by atoms with Gasteiger partial charge in [-0.1, -0.05) is 192 Å². The second-order valence-electron chi connectivity index (χ2n) is 15.6. The number of unbranched alkanes of at least 4 members (excludes halogenated alkanes) is 6. The Balaban J connectivity index is 4.52. The molecule has 0 aromatic heterocycles. The second kappa shape index (κ2) is 52.9. The number of ether oxygens (including phenoxy) is 3. The summed E-state index contributed by atoms with van der Waals surface area (Å²) >= 11 is 0. The van der Waals surface area contributed by atoms with E-state index in [9.17, 15) is 9.59 Å². The van der Waals surface area contributed by atoms with Crippen LogP contribution < -0.4 is 0 Å². The lowest BCUT2D eigenvalue weighted by molar-refractivity contribution is -0.162. The molecule has 0 aliphatic heterocycles. The Hall–Kier alpha value is -4.48. The maximum Gasteiger partial charge on any atom is 0.306 e. The second-order valence-corrected chi connectivity index (χ2v) is 15.6. The van der Waals surface area contributed by atoms with Crippen LogP contribution >= 0.6 is 0 Å². The molecular weight excluding hydrogens is 789 g/mol. The number of carbonyl (C=O) groups is 2. The van der Waals surface area contributed by atoms with Crippen LogP contribution in [0.1, 0.15) is 175 Å². The molecule has 0 N–H and O–H groups in total. The number of allylic oxidation sites excluding steroid dienone is 26. The van der Waals surface area contributed by atoms with Gasteiger partial charge in [0.1, 0.15) is 6.61 Å². The van der Waals surface area contributed by atoms with Gasteiger partial charge >= 0.3 is 11.9 Å². The van der Waals surface area contributed by atoms with Crippen molar-refractivity contribution in [2.75, 3.05) is 19.8 Å². The van der Waals surface area contributed by atoms with Crippen LogP contribution in [0.3, 0.4) is 0 Å². The molecule has 0 saturated heterocycles. The molecule has 0 rings (SSSR count). The lowest BCUT2D eigenvalue weighted by Gasteiger charge is -2.18. The number of carbonyl (C=O) groups excluding carboxylic acids is 2. The van der Waals surface area contributed by atoms with E-state index in [1.165, 1.54) is 0 Å². The van der Waals surface area contributed by atoms with Crippen molar-refractivity contribution in [3.8, 4) is 0 Å². The van der Waals surface area contributed by atoms with Crippen molar-refractivity contribution in [1.29, 1.82) is 0 Å². The quantitative estimate of drug-likeness (QED) is 0.0347. The van der Waals surface area contributed by atoms with Crippen LogP contribution in [0.2, 0.25) is 0 Å². The predicted octanol–water partition coefficient (Wildman–Crippen LogP) is 17.1. The fourth-order valence-corrected chi connectivity index (χ4v) is 5.95. The van der Waals surface area contributed by atoms with E-state index in [1.54, 1.807) is 0 Å². The van der Waals surface area contributed by atoms with Crippen molar-refractivity contribution in [2.45, 2.75) is 181 Å². The fourth-order valence-electron chi connectivity index (χ4n) is 5.95. The van der Waals surface area contributed by atoms with Crippen LogP contribution in [0.25, 0.3) is 0 Å². The van der Waals surface area contributed by atoms with E-state index < -0.39 is 6.10 Å². The third-order valence-corrected chi connectivity index (χ3v) is 9.55. The zero-order chi connectivity index (χ0) is 46.3. The molecule has 0 aliphatic rings. The molecule has 0 bridgehead atoms. The molecule has 1 atom stereocenters. The number of esters is 2. The fraction of sp³-hybridized carbons (Fsp3) is 0.525. The molecule has 0 aromatic carbocycles. The third-order valence-electron chi connectivity index (χ3n) is 9.55. The van der Waals surface area contributed by atoms with Gasteiger partial charge in [0.2, 0.25) is 0 Å². The standard InChI is InChI=1S/C59H90O5/c1-4-7-10-13-16-19-22-25-27-29-30-31-32-35-37-40-43-46-49-52-58(60)63-56-57(64-59(61)53-50-47-44-41-38-34-24-21-18-15-12-9-6-3)55-62-54-51-48-45-42-39-36-33-28-26-23-20-17-14-11-8-5-2/h7-12,16-21,25-28,30-31,34-39,43,46,57H,4-6,13-15,22-24,29,32-33,40-42,44-45,47-56H2,1-3H3/b10-7-,11-8-,12-9-,19-16-,20-17-,21-18-,27-25-,28-26-,31-30-,37-35-,38-34-,39-36-,46-43-. The molecule has 0 amide bonds. The van der Waals surface area contributed by atoms with E-state index >= 15 is 0 Å². The summed E-state index contributed by atoms with van der Waals surface area (Å²) in [6.07, 6.45) is 78.4. The van der Waals surface area contributed by atoms with Gasteiger partial charge in [-0.25, -0.2) is 0 Å². The van der Waals surface area contributed by atoms with E-state index in [0.29, 0.717) is 19.4 Å². The number of rotatable bonds is 43. The lowest BCUT2D eigenvalue weighted by atomic mass is 10.1. The topological polar surface area (TPSA) is 61.8 Å². The summed E-state index contributed by atoms with van der Waals surface area (Å²) in [5, 5.41) is 0. The monoisotopic (exact) mass is 879 g/mol. The largest absolute Gasteiger partial charge is 0.462 e. The van der Waals surface area contributed by atoms with Gasteiger partial charge in [0.05, 0.1) is 6.61 Å². The molecule has 0 spiro atoms. The molecule has 5 heteroatoms. The Labute approximate surface area is 393 Å². The van der Waals surface area contributed by atoms with Gasteiger partial charge in [-0.2, -0.15) is 0 Å². The average molecular weight is 879 g/mol. The average Bonchev–Trinajstić information content (AvgIpc) is 3.30. The van der Waals surface area contributed by atoms with Gasteiger partial charge in [0, 0.05) is 19.4 Å². The Morgan fingerprint density at radius 1 is 0.344 bits per heavy atom. The highest BCUT2D eigenvalue weighted by atomic mass is 16.6. The van der Waals surface area contributed by atoms with Crippen LogP contribution in [0.4, 0.5) is 0 Å². The van der Waals surface area contributed by atoms with Gasteiger partial charge in [-0.15, -0.1) is 0 Å². The summed E-state index contributed by atoms with van der Waals surface area (Å²) in [6.45, 7) is 7.26. The van der Waals surface area contributed by atoms with Gasteiger partial charge in [0.15, 0.2) is 6.10 Å². The van der Waals surface area contributed by atoms with Crippen LogP contribution in [0.5, 0.6) is 0 Å². The first-order valence-electron chi connectivity index (χ1n) is 25.0. The Bertz CT molecular complexity index is 1460. The van der Waals surface area contributed by atoms with Crippen molar-refractivity contribution < 1.29 is 23.8 Å². The minimum Gasteiger partial charge on any atom is -0.462 e. The van der Waals surface area contributed by atoms with E-state index in [0.717, 1.165) is 135 Å². The highest BCUT2D eigenvalue weighted by Crippen LogP contribution is 2.09. The molecule has 356 valence electrons. The maximum absolute atomic E-state index is 12.8. The molecule has 0 aromatic rings. The summed E-state index contributed by atoms with van der Waals surface area (Å²) < 4.78 is 17.2. The molecular formula is C59H90O5. The molecule has 0 aliphatic carbocycles. The minimum absolute atomic E-state index is 0.00822. The SMILES string of the molecule is CC/C=C\C/C=C\C/C=C\C/C=C\C/C=C\C/C=C\CCC(=O)OCC(COCCCCC/C=C\C/C=C\C/C=C\C/C=C\CC)OC(=O)CCCCC/C=C\C/C=C\C/C=C\CC. The van der Waals surface area contributed by atoms with Crippen molar-refractivity contribution in [3.05, 3.63) is 158 Å². The van der Waals surface area contributed by atoms with E-state index in [1.807, 2.05) is 6.08 Å². The van der Waals surface area contributed by atoms with Crippen LogP contribution in [0.15, 0.2) is 158 Å². The van der Waals surface area contributed by atoms with E-state index in [2.05, 4.69) is 173 Å². The van der Waals surface area contributed by atoms with E-state index in [4.69, 9.17) is 14.2 Å². The van der Waals surface area contributed by atoms with Gasteiger partial charge in [0.25, 0.3) is 0 Å². The first kappa shape index (κ1) is 59.5. The molecule has 0 heterocycles. The summed E-state index contributed by atoms with van der Waals surface area (Å²) in [6, 6.07) is 0. The predicted molar refractivity (Wildman–Crippen MR) is 278 cm³/mol. The molecule has 0 saturated carbocycles. The highest BCUT2D eigenvalue weighted by molar-refractivity contribution is 5.70. The molecule has 0 fully saturated rings. The summed E-state index contributed by atoms with van der Waals surface area (Å²) in [5.74, 6) is -0.563. The van der Waals surface area contributed by atoms with Gasteiger partial charge in [-0.05, 0) is 128 Å². The van der Waals surface area contributed by atoms with Crippen molar-refractivity contribution in [2.24, 2.45) is 0 Å². The first-order chi connectivity index (χ1) is 31.6.